The maximum Gasteiger partial charge on any atom is 0.279 e. The number of rotatable bonds is 3. The van der Waals surface area contributed by atoms with Gasteiger partial charge in [-0.1, -0.05) is 0 Å². The zero-order chi connectivity index (χ0) is 16.3. The third-order valence-electron chi connectivity index (χ3n) is 2.50. The lowest BCUT2D eigenvalue weighted by molar-refractivity contribution is -0.384. The van der Waals surface area contributed by atoms with Gasteiger partial charge in [-0.25, -0.2) is 0 Å². The summed E-state index contributed by atoms with van der Waals surface area (Å²) < 4.78 is 1.50. The van der Waals surface area contributed by atoms with Crippen molar-refractivity contribution < 1.29 is 14.5 Å². The second-order valence-corrected chi connectivity index (χ2v) is 7.17. The minimum absolute atomic E-state index is 0.117. The van der Waals surface area contributed by atoms with Crippen LogP contribution in [0, 0.1) is 10.1 Å². The molecule has 2 rings (SSSR count). The molecule has 0 bridgehead atoms. The summed E-state index contributed by atoms with van der Waals surface area (Å²) in [5.74, 6) is -1.04. The third-order valence-corrected chi connectivity index (χ3v) is 5.75. The molecular formula is C12H7Br2N3O4S. The van der Waals surface area contributed by atoms with Crippen LogP contribution in [0.2, 0.25) is 0 Å². The number of thiophene rings is 1. The van der Waals surface area contributed by atoms with E-state index in [0.717, 1.165) is 8.26 Å². The van der Waals surface area contributed by atoms with Gasteiger partial charge in [0.1, 0.15) is 0 Å². The second kappa shape index (κ2) is 6.99. The van der Waals surface area contributed by atoms with Crippen molar-refractivity contribution in [3.63, 3.8) is 0 Å². The van der Waals surface area contributed by atoms with Gasteiger partial charge in [0.05, 0.1) is 13.6 Å². The van der Waals surface area contributed by atoms with Gasteiger partial charge >= 0.3 is 0 Å². The normalized spacial score (nSPS) is 10.1. The van der Waals surface area contributed by atoms with Crippen LogP contribution in [0.15, 0.2) is 38.6 Å². The van der Waals surface area contributed by atoms with Gasteiger partial charge in [0.2, 0.25) is 0 Å². The van der Waals surface area contributed by atoms with Crippen LogP contribution in [0.4, 0.5) is 5.69 Å². The number of hydrogen-bond acceptors (Lipinski definition) is 5. The summed E-state index contributed by atoms with van der Waals surface area (Å²) in [6, 6.07) is 6.65. The molecule has 0 spiro atoms. The van der Waals surface area contributed by atoms with E-state index in [1.165, 1.54) is 35.6 Å². The lowest BCUT2D eigenvalue weighted by atomic mass is 10.2. The molecule has 0 saturated carbocycles. The van der Waals surface area contributed by atoms with Crippen LogP contribution in [0.1, 0.15) is 20.0 Å². The molecule has 10 heteroatoms. The van der Waals surface area contributed by atoms with Gasteiger partial charge in [-0.05, 0) is 50.1 Å². The number of nitro groups is 1. The van der Waals surface area contributed by atoms with E-state index in [2.05, 4.69) is 42.7 Å². The maximum atomic E-state index is 11.8. The molecular weight excluding hydrogens is 442 g/mol. The van der Waals surface area contributed by atoms with E-state index in [-0.39, 0.29) is 11.3 Å². The number of nitrogens with zero attached hydrogens (tertiary/aromatic N) is 1. The van der Waals surface area contributed by atoms with E-state index < -0.39 is 16.7 Å². The Bertz CT molecular complexity index is 726. The maximum absolute atomic E-state index is 11.8. The highest BCUT2D eigenvalue weighted by atomic mass is 79.9. The monoisotopic (exact) mass is 447 g/mol. The number of non-ortho nitro benzene ring substituents is 1. The van der Waals surface area contributed by atoms with Crippen molar-refractivity contribution in [2.75, 3.05) is 0 Å². The van der Waals surface area contributed by atoms with Crippen molar-refractivity contribution >= 4 is 60.7 Å². The SMILES string of the molecule is O=C(NNC(=O)c1cc(Br)c(Br)s1)c1ccc([N+](=O)[O-])cc1. The molecule has 0 fully saturated rings. The van der Waals surface area contributed by atoms with Gasteiger partial charge in [-0.15, -0.1) is 11.3 Å². The molecule has 22 heavy (non-hydrogen) atoms. The largest absolute Gasteiger partial charge is 0.279 e. The molecule has 0 atom stereocenters. The van der Waals surface area contributed by atoms with E-state index >= 15 is 0 Å². The van der Waals surface area contributed by atoms with E-state index in [4.69, 9.17) is 0 Å². The molecule has 1 aromatic heterocycles. The van der Waals surface area contributed by atoms with Gasteiger partial charge in [0, 0.05) is 22.2 Å². The number of hydrazine groups is 1. The molecule has 2 aromatic rings. The van der Waals surface area contributed by atoms with Crippen molar-refractivity contribution in [3.05, 3.63) is 59.1 Å². The smallest absolute Gasteiger partial charge is 0.267 e. The predicted octanol–water partition coefficient (Wildman–Crippen LogP) is 3.26. The van der Waals surface area contributed by atoms with Crippen molar-refractivity contribution in [3.8, 4) is 0 Å². The van der Waals surface area contributed by atoms with E-state index in [0.29, 0.717) is 4.88 Å². The number of nitro benzene ring substituents is 1. The highest BCUT2D eigenvalue weighted by molar-refractivity contribution is 9.13. The van der Waals surface area contributed by atoms with Crippen LogP contribution in [0.25, 0.3) is 0 Å². The average molecular weight is 449 g/mol. The molecule has 0 saturated heterocycles. The number of halogens is 2. The summed E-state index contributed by atoms with van der Waals surface area (Å²) in [7, 11) is 0. The van der Waals surface area contributed by atoms with E-state index in [9.17, 15) is 19.7 Å². The summed E-state index contributed by atoms with van der Waals surface area (Å²) in [5.41, 5.74) is 4.59. The first-order valence-corrected chi connectivity index (χ1v) is 8.08. The number of carbonyl (C=O) groups is 2. The number of carbonyl (C=O) groups excluding carboxylic acids is 2. The summed E-state index contributed by atoms with van der Waals surface area (Å²) in [4.78, 5) is 34.0. The van der Waals surface area contributed by atoms with Crippen LogP contribution in [0.5, 0.6) is 0 Å². The zero-order valence-electron chi connectivity index (χ0n) is 10.6. The Morgan fingerprint density at radius 1 is 1.09 bits per heavy atom. The Labute approximate surface area is 145 Å². The average Bonchev–Trinajstić information content (AvgIpc) is 2.84. The first-order chi connectivity index (χ1) is 10.4. The molecule has 0 aliphatic rings. The second-order valence-electron chi connectivity index (χ2n) is 3.94. The fourth-order valence-electron chi connectivity index (χ4n) is 1.44. The Kier molecular flexibility index (Phi) is 5.27. The molecule has 0 aliphatic heterocycles. The van der Waals surface area contributed by atoms with Crippen molar-refractivity contribution in [1.29, 1.82) is 0 Å². The lowest BCUT2D eigenvalue weighted by Crippen LogP contribution is -2.41. The van der Waals surface area contributed by atoms with Crippen molar-refractivity contribution in [1.82, 2.24) is 10.9 Å². The van der Waals surface area contributed by atoms with Crippen LogP contribution < -0.4 is 10.9 Å². The molecule has 1 aromatic carbocycles. The standard InChI is InChI=1S/C12H7Br2N3O4S/c13-8-5-9(22-10(8)14)12(19)16-15-11(18)6-1-3-7(4-2-6)17(20)21/h1-5H,(H,15,18)(H,16,19). The van der Waals surface area contributed by atoms with Crippen molar-refractivity contribution in [2.24, 2.45) is 0 Å². The van der Waals surface area contributed by atoms with Crippen LogP contribution in [-0.2, 0) is 0 Å². The van der Waals surface area contributed by atoms with Gasteiger partial charge < -0.3 is 0 Å². The van der Waals surface area contributed by atoms with Crippen LogP contribution in [-0.4, -0.2) is 16.7 Å². The molecule has 2 N–H and O–H groups in total. The molecule has 1 heterocycles. The van der Waals surface area contributed by atoms with Gasteiger partial charge in [-0.3, -0.25) is 30.6 Å². The molecule has 0 radical (unpaired) electrons. The van der Waals surface area contributed by atoms with Crippen LogP contribution >= 0.6 is 43.2 Å². The molecule has 7 nitrogen and oxygen atoms in total. The lowest BCUT2D eigenvalue weighted by Gasteiger charge is -2.05. The highest BCUT2D eigenvalue weighted by Gasteiger charge is 2.14. The quantitative estimate of drug-likeness (QED) is 0.555. The first kappa shape index (κ1) is 16.6. The Morgan fingerprint density at radius 2 is 1.68 bits per heavy atom. The fraction of sp³-hybridized carbons (Fsp3) is 0. The van der Waals surface area contributed by atoms with Gasteiger partial charge in [0.15, 0.2) is 0 Å². The Balaban J connectivity index is 1.97. The van der Waals surface area contributed by atoms with Gasteiger partial charge in [-0.2, -0.15) is 0 Å². The minimum Gasteiger partial charge on any atom is -0.267 e. The fourth-order valence-corrected chi connectivity index (χ4v) is 3.37. The zero-order valence-corrected chi connectivity index (χ0v) is 14.6. The summed E-state index contributed by atoms with van der Waals surface area (Å²) in [6.45, 7) is 0. The highest BCUT2D eigenvalue weighted by Crippen LogP contribution is 2.32. The number of amides is 2. The molecule has 2 amide bonds. The topological polar surface area (TPSA) is 101 Å². The van der Waals surface area contributed by atoms with E-state index in [1.54, 1.807) is 6.07 Å². The third kappa shape index (κ3) is 3.90. The molecule has 114 valence electrons. The van der Waals surface area contributed by atoms with Crippen LogP contribution in [0.3, 0.4) is 0 Å². The Morgan fingerprint density at radius 3 is 2.18 bits per heavy atom. The van der Waals surface area contributed by atoms with Crippen molar-refractivity contribution in [2.45, 2.75) is 0 Å². The number of hydrogen-bond donors (Lipinski definition) is 2. The number of nitrogens with one attached hydrogen (secondary N) is 2. The Hall–Kier alpha value is -1.78. The molecule has 0 unspecified atom stereocenters. The first-order valence-electron chi connectivity index (χ1n) is 5.68. The minimum atomic E-state index is -0.571. The van der Waals surface area contributed by atoms with E-state index in [1.807, 2.05) is 0 Å². The predicted molar refractivity (Wildman–Crippen MR) is 87.7 cm³/mol. The summed E-state index contributed by atoms with van der Waals surface area (Å²) in [5, 5.41) is 10.5. The summed E-state index contributed by atoms with van der Waals surface area (Å²) in [6.07, 6.45) is 0. The summed E-state index contributed by atoms with van der Waals surface area (Å²) >= 11 is 7.74. The number of benzene rings is 1. The molecule has 0 aliphatic carbocycles. The van der Waals surface area contributed by atoms with Gasteiger partial charge in [0.25, 0.3) is 17.5 Å².